The van der Waals surface area contributed by atoms with Crippen molar-refractivity contribution < 1.29 is 9.53 Å². The maximum Gasteiger partial charge on any atom is 0.254 e. The maximum atomic E-state index is 12.7. The number of fused-ring (bicyclic) bond motifs is 1. The molecule has 4 rings (SSSR count). The van der Waals surface area contributed by atoms with E-state index in [1.807, 2.05) is 72.5 Å². The van der Waals surface area contributed by atoms with Gasteiger partial charge in [0, 0.05) is 17.3 Å². The number of hydrogen-bond donors (Lipinski definition) is 0. The fraction of sp³-hybridized carbons (Fsp3) is 0.200. The summed E-state index contributed by atoms with van der Waals surface area (Å²) in [7, 11) is 0. The summed E-state index contributed by atoms with van der Waals surface area (Å²) in [5.41, 5.74) is 1.68. The van der Waals surface area contributed by atoms with Gasteiger partial charge >= 0.3 is 0 Å². The minimum Gasteiger partial charge on any atom is -0.471 e. The van der Waals surface area contributed by atoms with E-state index in [2.05, 4.69) is 4.98 Å². The molecule has 2 aromatic carbocycles. The first-order valence-electron chi connectivity index (χ1n) is 8.08. The highest BCUT2D eigenvalue weighted by Gasteiger charge is 2.33. The van der Waals surface area contributed by atoms with E-state index < -0.39 is 0 Å². The van der Waals surface area contributed by atoms with Crippen LogP contribution in [0.25, 0.3) is 10.8 Å². The van der Waals surface area contributed by atoms with Crippen LogP contribution >= 0.6 is 0 Å². The van der Waals surface area contributed by atoms with E-state index in [9.17, 15) is 4.79 Å². The third-order valence-corrected chi connectivity index (χ3v) is 4.31. The number of hydrogen-bond acceptors (Lipinski definition) is 3. The molecule has 0 spiro atoms. The van der Waals surface area contributed by atoms with Gasteiger partial charge in [0.25, 0.3) is 5.91 Å². The maximum absolute atomic E-state index is 12.7. The lowest BCUT2D eigenvalue weighted by atomic mass is 10.0. The third-order valence-electron chi connectivity index (χ3n) is 4.31. The van der Waals surface area contributed by atoms with Gasteiger partial charge in [0.15, 0.2) is 0 Å². The molecule has 0 aliphatic carbocycles. The van der Waals surface area contributed by atoms with Gasteiger partial charge in [-0.3, -0.25) is 4.79 Å². The van der Waals surface area contributed by atoms with Crippen molar-refractivity contribution in [1.82, 2.24) is 9.88 Å². The number of nitrogens with zero attached hydrogens (tertiary/aromatic N) is 2. The quantitative estimate of drug-likeness (QED) is 0.743. The second kappa shape index (κ2) is 5.96. The highest BCUT2D eigenvalue weighted by Crippen LogP contribution is 2.23. The molecule has 120 valence electrons. The normalized spacial score (nSPS) is 14.5. The first-order chi connectivity index (χ1) is 11.7. The van der Waals surface area contributed by atoms with E-state index in [1.54, 1.807) is 0 Å². The largest absolute Gasteiger partial charge is 0.471 e. The SMILES string of the molecule is Cc1cccc(OC2CN(C(=O)c3cccc4ccccc34)C2)n1. The molecule has 24 heavy (non-hydrogen) atoms. The van der Waals surface area contributed by atoms with Gasteiger partial charge in [-0.1, -0.05) is 42.5 Å². The summed E-state index contributed by atoms with van der Waals surface area (Å²) in [5.74, 6) is 0.682. The highest BCUT2D eigenvalue weighted by molar-refractivity contribution is 6.07. The summed E-state index contributed by atoms with van der Waals surface area (Å²) in [6, 6.07) is 19.5. The van der Waals surface area contributed by atoms with Crippen LogP contribution in [0.1, 0.15) is 16.1 Å². The predicted octanol–water partition coefficient (Wildman–Crippen LogP) is 3.45. The van der Waals surface area contributed by atoms with Crippen molar-refractivity contribution in [2.75, 3.05) is 13.1 Å². The number of aromatic nitrogens is 1. The third kappa shape index (κ3) is 2.71. The minimum atomic E-state index is 0.0122. The van der Waals surface area contributed by atoms with Crippen molar-refractivity contribution in [3.8, 4) is 5.88 Å². The Kier molecular flexibility index (Phi) is 3.65. The molecular formula is C20H18N2O2. The van der Waals surface area contributed by atoms with Crippen molar-refractivity contribution in [2.24, 2.45) is 0 Å². The van der Waals surface area contributed by atoms with Gasteiger partial charge in [-0.05, 0) is 29.8 Å². The average molecular weight is 318 g/mol. The highest BCUT2D eigenvalue weighted by atomic mass is 16.5. The van der Waals surface area contributed by atoms with Crippen LogP contribution in [0.3, 0.4) is 0 Å². The Labute approximate surface area is 140 Å². The summed E-state index contributed by atoms with van der Waals surface area (Å²) in [6.45, 7) is 3.12. The summed E-state index contributed by atoms with van der Waals surface area (Å²) in [6.07, 6.45) is 0.0122. The lowest BCUT2D eigenvalue weighted by Crippen LogP contribution is -2.56. The number of likely N-dealkylation sites (tertiary alicyclic amines) is 1. The summed E-state index contributed by atoms with van der Waals surface area (Å²) in [5, 5.41) is 2.08. The molecular weight excluding hydrogens is 300 g/mol. The molecule has 1 aliphatic rings. The zero-order valence-electron chi connectivity index (χ0n) is 13.5. The fourth-order valence-corrected chi connectivity index (χ4v) is 3.02. The molecule has 4 heteroatoms. The van der Waals surface area contributed by atoms with E-state index in [4.69, 9.17) is 4.74 Å². The zero-order valence-corrected chi connectivity index (χ0v) is 13.5. The Morgan fingerprint density at radius 2 is 1.79 bits per heavy atom. The second-order valence-electron chi connectivity index (χ2n) is 6.09. The minimum absolute atomic E-state index is 0.0122. The molecule has 0 atom stereocenters. The molecule has 1 fully saturated rings. The molecule has 1 aromatic heterocycles. The van der Waals surface area contributed by atoms with Crippen molar-refractivity contribution in [3.63, 3.8) is 0 Å². The molecule has 1 amide bonds. The Morgan fingerprint density at radius 1 is 1.04 bits per heavy atom. The van der Waals surface area contributed by atoms with E-state index in [0.29, 0.717) is 19.0 Å². The molecule has 0 radical (unpaired) electrons. The average Bonchev–Trinajstić information content (AvgIpc) is 2.57. The van der Waals surface area contributed by atoms with Gasteiger partial charge in [0.1, 0.15) is 6.10 Å². The summed E-state index contributed by atoms with van der Waals surface area (Å²) >= 11 is 0. The van der Waals surface area contributed by atoms with Gasteiger partial charge in [-0.15, -0.1) is 0 Å². The lowest BCUT2D eigenvalue weighted by molar-refractivity contribution is 0.0161. The molecule has 1 aliphatic heterocycles. The molecule has 4 nitrogen and oxygen atoms in total. The molecule has 0 N–H and O–H groups in total. The number of pyridine rings is 1. The molecule has 0 saturated carbocycles. The topological polar surface area (TPSA) is 42.4 Å². The number of ether oxygens (including phenoxy) is 1. The van der Waals surface area contributed by atoms with Crippen LogP contribution in [0.2, 0.25) is 0 Å². The van der Waals surface area contributed by atoms with E-state index in [1.165, 1.54) is 0 Å². The Morgan fingerprint density at radius 3 is 2.62 bits per heavy atom. The summed E-state index contributed by atoms with van der Waals surface area (Å²) < 4.78 is 5.83. The molecule has 2 heterocycles. The van der Waals surface area contributed by atoms with E-state index in [0.717, 1.165) is 22.0 Å². The smallest absolute Gasteiger partial charge is 0.254 e. The fourth-order valence-electron chi connectivity index (χ4n) is 3.02. The van der Waals surface area contributed by atoms with E-state index in [-0.39, 0.29) is 12.0 Å². The van der Waals surface area contributed by atoms with Crippen LogP contribution in [0.15, 0.2) is 60.7 Å². The standard InChI is InChI=1S/C20H18N2O2/c1-14-6-4-11-19(21-14)24-16-12-22(13-16)20(23)18-10-5-8-15-7-2-3-9-17(15)18/h2-11,16H,12-13H2,1H3. The van der Waals surface area contributed by atoms with Crippen molar-refractivity contribution >= 4 is 16.7 Å². The number of carbonyl (C=O) groups is 1. The molecule has 1 saturated heterocycles. The van der Waals surface area contributed by atoms with Crippen molar-refractivity contribution in [2.45, 2.75) is 13.0 Å². The Bertz CT molecular complexity index is 896. The first-order valence-corrected chi connectivity index (χ1v) is 8.08. The molecule has 0 bridgehead atoms. The van der Waals surface area contributed by atoms with Gasteiger partial charge in [0.05, 0.1) is 13.1 Å². The Hall–Kier alpha value is -2.88. The number of carbonyl (C=O) groups excluding carboxylic acids is 1. The van der Waals surface area contributed by atoms with Crippen LogP contribution < -0.4 is 4.74 Å². The Balaban J connectivity index is 1.45. The van der Waals surface area contributed by atoms with Crippen LogP contribution in [0, 0.1) is 6.92 Å². The molecule has 3 aromatic rings. The van der Waals surface area contributed by atoms with Crippen LogP contribution in [0.4, 0.5) is 0 Å². The van der Waals surface area contributed by atoms with Crippen LogP contribution in [-0.2, 0) is 0 Å². The van der Waals surface area contributed by atoms with Gasteiger partial charge in [-0.25, -0.2) is 4.98 Å². The zero-order chi connectivity index (χ0) is 16.5. The first kappa shape index (κ1) is 14.7. The number of aryl methyl sites for hydroxylation is 1. The van der Waals surface area contributed by atoms with Gasteiger partial charge < -0.3 is 9.64 Å². The number of rotatable bonds is 3. The van der Waals surface area contributed by atoms with Crippen molar-refractivity contribution in [3.05, 3.63) is 71.9 Å². The van der Waals surface area contributed by atoms with Gasteiger partial charge in [-0.2, -0.15) is 0 Å². The van der Waals surface area contributed by atoms with Crippen molar-refractivity contribution in [1.29, 1.82) is 0 Å². The number of amides is 1. The second-order valence-corrected chi connectivity index (χ2v) is 6.09. The van der Waals surface area contributed by atoms with Crippen LogP contribution in [0.5, 0.6) is 5.88 Å². The monoisotopic (exact) mass is 318 g/mol. The van der Waals surface area contributed by atoms with E-state index >= 15 is 0 Å². The van der Waals surface area contributed by atoms with Crippen LogP contribution in [-0.4, -0.2) is 35.0 Å². The lowest BCUT2D eigenvalue weighted by Gasteiger charge is -2.38. The van der Waals surface area contributed by atoms with Gasteiger partial charge in [0.2, 0.25) is 5.88 Å². The predicted molar refractivity (Wildman–Crippen MR) is 93.2 cm³/mol. The summed E-state index contributed by atoms with van der Waals surface area (Å²) in [4.78, 5) is 18.9. The number of benzene rings is 2. The molecule has 0 unspecified atom stereocenters.